The van der Waals surface area contributed by atoms with Gasteiger partial charge in [0.25, 0.3) is 0 Å². The first-order valence-electron chi connectivity index (χ1n) is 6.48. The molecule has 106 valence electrons. The lowest BCUT2D eigenvalue weighted by molar-refractivity contribution is 0.477. The number of hydrazine groups is 1. The molecular formula is C15H17F2N3. The maximum atomic E-state index is 13.6. The number of nitrogens with two attached hydrogens (primary N) is 1. The van der Waals surface area contributed by atoms with Crippen molar-refractivity contribution in [2.75, 3.05) is 0 Å². The minimum absolute atomic E-state index is 0.112. The second-order valence-electron chi connectivity index (χ2n) is 4.70. The molecule has 1 heterocycles. The molecule has 0 aliphatic heterocycles. The largest absolute Gasteiger partial charge is 0.271 e. The van der Waals surface area contributed by atoms with Crippen LogP contribution in [0.3, 0.4) is 0 Å². The van der Waals surface area contributed by atoms with Crippen molar-refractivity contribution in [1.29, 1.82) is 0 Å². The second-order valence-corrected chi connectivity index (χ2v) is 4.70. The first kappa shape index (κ1) is 14.6. The molecule has 1 unspecified atom stereocenters. The Bertz CT molecular complexity index is 546. The molecule has 3 N–H and O–H groups in total. The summed E-state index contributed by atoms with van der Waals surface area (Å²) in [4.78, 5) is 3.95. The van der Waals surface area contributed by atoms with Gasteiger partial charge in [-0.2, -0.15) is 0 Å². The van der Waals surface area contributed by atoms with Crippen molar-refractivity contribution in [3.05, 3.63) is 65.5 Å². The molecule has 0 fully saturated rings. The molecular weight excluding hydrogens is 260 g/mol. The van der Waals surface area contributed by atoms with Gasteiger partial charge in [0.1, 0.15) is 11.6 Å². The highest BCUT2D eigenvalue weighted by molar-refractivity contribution is 5.20. The summed E-state index contributed by atoms with van der Waals surface area (Å²) in [5.41, 5.74) is 4.14. The molecule has 1 atom stereocenters. The van der Waals surface area contributed by atoms with Crippen molar-refractivity contribution >= 4 is 0 Å². The fourth-order valence-electron chi connectivity index (χ4n) is 2.10. The third kappa shape index (κ3) is 4.08. The number of halogens is 2. The van der Waals surface area contributed by atoms with Gasteiger partial charge in [-0.3, -0.25) is 16.3 Å². The third-order valence-corrected chi connectivity index (χ3v) is 3.24. The molecule has 0 radical (unpaired) electrons. The predicted octanol–water partition coefficient (Wildman–Crippen LogP) is 2.37. The van der Waals surface area contributed by atoms with Crippen LogP contribution in [0, 0.1) is 11.6 Å². The molecule has 0 saturated carbocycles. The van der Waals surface area contributed by atoms with E-state index < -0.39 is 11.6 Å². The Kier molecular flexibility index (Phi) is 5.15. The summed E-state index contributed by atoms with van der Waals surface area (Å²) in [7, 11) is 0. The zero-order valence-electron chi connectivity index (χ0n) is 11.0. The Morgan fingerprint density at radius 1 is 1.15 bits per heavy atom. The Morgan fingerprint density at radius 3 is 2.60 bits per heavy atom. The van der Waals surface area contributed by atoms with Gasteiger partial charge in [0, 0.05) is 18.4 Å². The molecule has 5 heteroatoms. The Labute approximate surface area is 116 Å². The number of rotatable bonds is 6. The van der Waals surface area contributed by atoms with Gasteiger partial charge < -0.3 is 0 Å². The van der Waals surface area contributed by atoms with Gasteiger partial charge in [0.2, 0.25) is 0 Å². The van der Waals surface area contributed by atoms with Crippen LogP contribution < -0.4 is 11.3 Å². The van der Waals surface area contributed by atoms with Gasteiger partial charge in [-0.1, -0.05) is 0 Å². The van der Waals surface area contributed by atoms with Gasteiger partial charge in [0.05, 0.1) is 0 Å². The van der Waals surface area contributed by atoms with Crippen molar-refractivity contribution in [3.63, 3.8) is 0 Å². The molecule has 2 rings (SSSR count). The van der Waals surface area contributed by atoms with Gasteiger partial charge >= 0.3 is 0 Å². The van der Waals surface area contributed by atoms with Crippen molar-refractivity contribution in [2.24, 2.45) is 5.84 Å². The molecule has 2 aromatic rings. The average molecular weight is 277 g/mol. The van der Waals surface area contributed by atoms with Gasteiger partial charge in [-0.25, -0.2) is 8.78 Å². The number of benzene rings is 1. The fourth-order valence-corrected chi connectivity index (χ4v) is 2.10. The molecule has 0 bridgehead atoms. The minimum atomic E-state index is -0.439. The quantitative estimate of drug-likeness (QED) is 0.629. The van der Waals surface area contributed by atoms with Crippen LogP contribution in [0.1, 0.15) is 17.5 Å². The summed E-state index contributed by atoms with van der Waals surface area (Å²) in [5, 5.41) is 0. The van der Waals surface area contributed by atoms with Crippen LogP contribution in [-0.2, 0) is 12.8 Å². The van der Waals surface area contributed by atoms with Crippen molar-refractivity contribution in [2.45, 2.75) is 25.3 Å². The predicted molar refractivity (Wildman–Crippen MR) is 73.7 cm³/mol. The monoisotopic (exact) mass is 277 g/mol. The van der Waals surface area contributed by atoms with Crippen LogP contribution in [0.4, 0.5) is 8.78 Å². The first-order chi connectivity index (χ1) is 9.69. The van der Waals surface area contributed by atoms with Gasteiger partial charge in [0.15, 0.2) is 0 Å². The lowest BCUT2D eigenvalue weighted by Gasteiger charge is -2.16. The number of hydrogen-bond acceptors (Lipinski definition) is 3. The summed E-state index contributed by atoms with van der Waals surface area (Å²) in [6, 6.07) is 7.21. The highest BCUT2D eigenvalue weighted by Crippen LogP contribution is 2.14. The summed E-state index contributed by atoms with van der Waals surface area (Å²) in [6.45, 7) is 0. The Morgan fingerprint density at radius 2 is 1.90 bits per heavy atom. The number of nitrogens with one attached hydrogen (secondary N) is 1. The zero-order chi connectivity index (χ0) is 14.4. The summed E-state index contributed by atoms with van der Waals surface area (Å²) >= 11 is 0. The Balaban J connectivity index is 1.97. The molecule has 0 saturated heterocycles. The van der Waals surface area contributed by atoms with Crippen molar-refractivity contribution < 1.29 is 8.78 Å². The third-order valence-electron chi connectivity index (χ3n) is 3.24. The molecule has 1 aromatic carbocycles. The number of aromatic nitrogens is 1. The van der Waals surface area contributed by atoms with Gasteiger partial charge in [-0.05, 0) is 60.7 Å². The zero-order valence-corrected chi connectivity index (χ0v) is 11.0. The van der Waals surface area contributed by atoms with E-state index >= 15 is 0 Å². The SMILES string of the molecule is NNC(CCc1ccncc1)Cc1cc(F)ccc1F. The molecule has 20 heavy (non-hydrogen) atoms. The van der Waals surface area contributed by atoms with Crippen LogP contribution >= 0.6 is 0 Å². The number of pyridine rings is 1. The standard InChI is InChI=1S/C15H17F2N3/c16-13-2-4-15(17)12(9-13)10-14(20-18)3-1-11-5-7-19-8-6-11/h2,4-9,14,20H,1,3,10,18H2. The van der Waals surface area contributed by atoms with Crippen LogP contribution in [0.5, 0.6) is 0 Å². The number of hydrogen-bond donors (Lipinski definition) is 2. The van der Waals surface area contributed by atoms with E-state index in [4.69, 9.17) is 5.84 Å². The highest BCUT2D eigenvalue weighted by atomic mass is 19.1. The van der Waals surface area contributed by atoms with E-state index in [2.05, 4.69) is 10.4 Å². The first-order valence-corrected chi connectivity index (χ1v) is 6.48. The average Bonchev–Trinajstić information content (AvgIpc) is 2.48. The second kappa shape index (κ2) is 7.07. The van der Waals surface area contributed by atoms with E-state index in [9.17, 15) is 8.78 Å². The van der Waals surface area contributed by atoms with E-state index in [0.717, 1.165) is 30.5 Å². The molecule has 3 nitrogen and oxygen atoms in total. The van der Waals surface area contributed by atoms with Crippen LogP contribution in [-0.4, -0.2) is 11.0 Å². The van der Waals surface area contributed by atoms with Crippen LogP contribution in [0.15, 0.2) is 42.7 Å². The fraction of sp³-hybridized carbons (Fsp3) is 0.267. The Hall–Kier alpha value is -1.85. The molecule has 1 aromatic heterocycles. The lowest BCUT2D eigenvalue weighted by atomic mass is 9.99. The normalized spacial score (nSPS) is 12.3. The maximum absolute atomic E-state index is 13.6. The highest BCUT2D eigenvalue weighted by Gasteiger charge is 2.12. The lowest BCUT2D eigenvalue weighted by Crippen LogP contribution is -2.37. The summed E-state index contributed by atoms with van der Waals surface area (Å²) in [5.74, 6) is 4.65. The summed E-state index contributed by atoms with van der Waals surface area (Å²) < 4.78 is 26.7. The van der Waals surface area contributed by atoms with Crippen LogP contribution in [0.25, 0.3) is 0 Å². The molecule has 0 aliphatic rings. The van der Waals surface area contributed by atoms with E-state index in [1.54, 1.807) is 12.4 Å². The number of aryl methyl sites for hydroxylation is 1. The summed E-state index contributed by atoms with van der Waals surface area (Å²) in [6.07, 6.45) is 5.34. The van der Waals surface area contributed by atoms with Crippen molar-refractivity contribution in [1.82, 2.24) is 10.4 Å². The van der Waals surface area contributed by atoms with Crippen LogP contribution in [0.2, 0.25) is 0 Å². The minimum Gasteiger partial charge on any atom is -0.271 e. The van der Waals surface area contributed by atoms with E-state index in [-0.39, 0.29) is 6.04 Å². The topological polar surface area (TPSA) is 50.9 Å². The van der Waals surface area contributed by atoms with Gasteiger partial charge in [-0.15, -0.1) is 0 Å². The molecule has 0 aliphatic carbocycles. The van der Waals surface area contributed by atoms with E-state index in [0.29, 0.717) is 12.0 Å². The smallest absolute Gasteiger partial charge is 0.126 e. The molecule has 0 spiro atoms. The maximum Gasteiger partial charge on any atom is 0.126 e. The van der Waals surface area contributed by atoms with Crippen molar-refractivity contribution in [3.8, 4) is 0 Å². The molecule has 0 amide bonds. The number of nitrogens with zero attached hydrogens (tertiary/aromatic N) is 1. The van der Waals surface area contributed by atoms with E-state index in [1.807, 2.05) is 12.1 Å². The van der Waals surface area contributed by atoms with E-state index in [1.165, 1.54) is 6.07 Å².